The van der Waals surface area contributed by atoms with Crippen LogP contribution in [0.1, 0.15) is 26.5 Å². The molecule has 0 fully saturated rings. The second-order valence-corrected chi connectivity index (χ2v) is 10.5. The number of hydrogen-bond acceptors (Lipinski definition) is 4. The molecule has 0 aromatic carbocycles. The van der Waals surface area contributed by atoms with Crippen molar-refractivity contribution < 1.29 is 4.52 Å². The number of nitrogens with zero attached hydrogens (tertiary/aromatic N) is 1. The second-order valence-electron chi connectivity index (χ2n) is 3.63. The van der Waals surface area contributed by atoms with Crippen molar-refractivity contribution in [3.63, 3.8) is 0 Å². The van der Waals surface area contributed by atoms with Gasteiger partial charge in [-0.15, -0.1) is 0 Å². The lowest BCUT2D eigenvalue weighted by atomic mass is 10.5. The van der Waals surface area contributed by atoms with Gasteiger partial charge in [0, 0.05) is 11.8 Å². The highest BCUT2D eigenvalue weighted by Gasteiger charge is 2.24. The molecule has 1 rings (SSSR count). The molecule has 0 bridgehead atoms. The van der Waals surface area contributed by atoms with E-state index in [9.17, 15) is 4.79 Å². The molecule has 1 heterocycles. The van der Waals surface area contributed by atoms with Gasteiger partial charge in [0.15, 0.2) is 0 Å². The van der Waals surface area contributed by atoms with Crippen molar-refractivity contribution in [3.05, 3.63) is 22.1 Å². The lowest BCUT2D eigenvalue weighted by molar-refractivity contribution is 0.271. The monoisotopic (exact) mass is 280 g/mol. The van der Waals surface area contributed by atoms with E-state index in [0.717, 1.165) is 11.4 Å². The summed E-state index contributed by atoms with van der Waals surface area (Å²) in [4.78, 5) is 11.7. The molecule has 1 atom stereocenters. The molecule has 0 saturated carbocycles. The zero-order chi connectivity index (χ0) is 12.3. The van der Waals surface area contributed by atoms with Crippen LogP contribution in [0.3, 0.4) is 0 Å². The highest BCUT2D eigenvalue weighted by atomic mass is 32.9. The van der Waals surface area contributed by atoms with Crippen molar-refractivity contribution in [2.24, 2.45) is 0 Å². The Kier molecular flexibility index (Phi) is 4.86. The lowest BCUT2D eigenvalue weighted by Crippen LogP contribution is -2.16. The van der Waals surface area contributed by atoms with E-state index in [4.69, 9.17) is 16.3 Å². The standard InChI is InChI=1S/C9H17N2O2PS2/c1-5-16-14(15,13-7(2)3)11-9(12)6-8(4)10-11/h6-7,10H,5H2,1-4H3. The van der Waals surface area contributed by atoms with Crippen molar-refractivity contribution in [3.8, 4) is 0 Å². The van der Waals surface area contributed by atoms with Crippen molar-refractivity contribution in [1.29, 1.82) is 0 Å². The van der Waals surface area contributed by atoms with Crippen molar-refractivity contribution in [2.75, 3.05) is 5.75 Å². The SMILES string of the molecule is CCSP(=S)(OC(C)C)n1[nH]c(C)cc1=O. The first-order valence-corrected chi connectivity index (χ1v) is 9.38. The molecular weight excluding hydrogens is 263 g/mol. The summed E-state index contributed by atoms with van der Waals surface area (Å²) in [6, 6.07) is 1.54. The van der Waals surface area contributed by atoms with E-state index in [1.54, 1.807) is 6.07 Å². The van der Waals surface area contributed by atoms with Gasteiger partial charge in [0.1, 0.15) is 0 Å². The fourth-order valence-corrected chi connectivity index (χ4v) is 7.17. The van der Waals surface area contributed by atoms with Gasteiger partial charge in [-0.2, -0.15) is 4.45 Å². The molecule has 0 spiro atoms. The predicted octanol–water partition coefficient (Wildman–Crippen LogP) is 2.74. The average Bonchev–Trinajstić information content (AvgIpc) is 2.44. The summed E-state index contributed by atoms with van der Waals surface area (Å²) in [5.41, 5.74) is -1.65. The van der Waals surface area contributed by atoms with Crippen LogP contribution >= 0.6 is 17.0 Å². The van der Waals surface area contributed by atoms with Crippen molar-refractivity contribution >= 4 is 28.8 Å². The summed E-state index contributed by atoms with van der Waals surface area (Å²) < 4.78 is 7.26. The third-order valence-corrected chi connectivity index (χ3v) is 7.97. The topological polar surface area (TPSA) is 47.0 Å². The molecule has 7 heteroatoms. The molecule has 16 heavy (non-hydrogen) atoms. The zero-order valence-corrected chi connectivity index (χ0v) is 12.4. The molecule has 4 nitrogen and oxygen atoms in total. The first-order valence-electron chi connectivity index (χ1n) is 5.11. The van der Waals surface area contributed by atoms with Crippen LogP contribution in [0.15, 0.2) is 10.9 Å². The Morgan fingerprint density at radius 3 is 2.69 bits per heavy atom. The van der Waals surface area contributed by atoms with Gasteiger partial charge in [0.25, 0.3) is 5.56 Å². The molecule has 1 N–H and O–H groups in total. The number of rotatable bonds is 5. The molecule has 0 aliphatic carbocycles. The Morgan fingerprint density at radius 1 is 1.69 bits per heavy atom. The normalized spacial score (nSPS) is 15.3. The van der Waals surface area contributed by atoms with Gasteiger partial charge < -0.3 is 4.52 Å². The van der Waals surface area contributed by atoms with Crippen LogP contribution in [0, 0.1) is 6.92 Å². The van der Waals surface area contributed by atoms with E-state index < -0.39 is 5.62 Å². The number of nitrogens with one attached hydrogen (secondary N) is 1. The van der Waals surface area contributed by atoms with Gasteiger partial charge in [-0.1, -0.05) is 18.3 Å². The summed E-state index contributed by atoms with van der Waals surface area (Å²) in [5.74, 6) is 0.828. The maximum atomic E-state index is 11.7. The van der Waals surface area contributed by atoms with Crippen LogP contribution in [-0.4, -0.2) is 21.4 Å². The van der Waals surface area contributed by atoms with E-state index in [-0.39, 0.29) is 11.7 Å². The van der Waals surface area contributed by atoms with Gasteiger partial charge >= 0.3 is 0 Å². The molecule has 0 aliphatic rings. The third-order valence-electron chi connectivity index (χ3n) is 1.71. The fraction of sp³-hybridized carbons (Fsp3) is 0.667. The van der Waals surface area contributed by atoms with Crippen LogP contribution in [-0.2, 0) is 16.3 Å². The fourth-order valence-electron chi connectivity index (χ4n) is 1.25. The molecule has 1 aromatic heterocycles. The van der Waals surface area contributed by atoms with E-state index in [0.29, 0.717) is 0 Å². The zero-order valence-electron chi connectivity index (χ0n) is 9.89. The van der Waals surface area contributed by atoms with Gasteiger partial charge in [0.05, 0.1) is 6.10 Å². The maximum absolute atomic E-state index is 11.7. The van der Waals surface area contributed by atoms with Crippen LogP contribution in [0.25, 0.3) is 0 Å². The molecule has 92 valence electrons. The number of hydrogen-bond donors (Lipinski definition) is 1. The minimum absolute atomic E-state index is 0.0142. The molecule has 0 saturated heterocycles. The molecule has 1 aromatic rings. The van der Waals surface area contributed by atoms with Crippen LogP contribution in [0.5, 0.6) is 0 Å². The summed E-state index contributed by atoms with van der Waals surface area (Å²) in [7, 11) is 0. The Bertz CT molecular complexity index is 453. The van der Waals surface area contributed by atoms with Gasteiger partial charge in [-0.05, 0) is 38.3 Å². The second kappa shape index (κ2) is 5.54. The van der Waals surface area contributed by atoms with E-state index in [1.165, 1.54) is 15.8 Å². The Balaban J connectivity index is 3.16. The highest BCUT2D eigenvalue weighted by molar-refractivity contribution is 8.68. The van der Waals surface area contributed by atoms with E-state index in [1.807, 2.05) is 27.7 Å². The smallest absolute Gasteiger partial charge is 0.273 e. The Hall–Kier alpha value is -0.0300. The molecule has 0 aliphatic heterocycles. The summed E-state index contributed by atoms with van der Waals surface area (Å²) in [6.07, 6.45) is 0.0142. The van der Waals surface area contributed by atoms with Crippen LogP contribution in [0.2, 0.25) is 0 Å². The molecule has 0 radical (unpaired) electrons. The highest BCUT2D eigenvalue weighted by Crippen LogP contribution is 2.60. The minimum Gasteiger partial charge on any atom is -0.322 e. The van der Waals surface area contributed by atoms with Gasteiger partial charge in [-0.25, -0.2) is 0 Å². The Morgan fingerprint density at radius 2 is 2.31 bits per heavy atom. The lowest BCUT2D eigenvalue weighted by Gasteiger charge is -2.23. The average molecular weight is 280 g/mol. The van der Waals surface area contributed by atoms with Gasteiger partial charge in [0.2, 0.25) is 5.62 Å². The van der Waals surface area contributed by atoms with Gasteiger partial charge in [-0.3, -0.25) is 9.89 Å². The number of H-pyrrole nitrogens is 1. The quantitative estimate of drug-likeness (QED) is 0.842. The molecule has 1 unspecified atom stereocenters. The van der Waals surface area contributed by atoms with Crippen molar-refractivity contribution in [1.82, 2.24) is 9.55 Å². The number of aryl methyl sites for hydroxylation is 1. The summed E-state index contributed by atoms with van der Waals surface area (Å²) >= 11 is 7.05. The largest absolute Gasteiger partial charge is 0.322 e. The van der Waals surface area contributed by atoms with E-state index in [2.05, 4.69) is 5.10 Å². The van der Waals surface area contributed by atoms with Crippen LogP contribution in [0.4, 0.5) is 0 Å². The summed E-state index contributed by atoms with van der Waals surface area (Å²) in [5, 5.41) is 2.98. The van der Waals surface area contributed by atoms with Crippen LogP contribution < -0.4 is 5.56 Å². The van der Waals surface area contributed by atoms with Crippen molar-refractivity contribution in [2.45, 2.75) is 33.8 Å². The number of aromatic nitrogens is 2. The maximum Gasteiger partial charge on any atom is 0.273 e. The molecule has 0 amide bonds. The van der Waals surface area contributed by atoms with E-state index >= 15 is 0 Å². The summed E-state index contributed by atoms with van der Waals surface area (Å²) in [6.45, 7) is 7.70. The first kappa shape index (κ1) is 14.0. The minimum atomic E-state index is -2.35. The predicted molar refractivity (Wildman–Crippen MR) is 73.8 cm³/mol. The first-order chi connectivity index (χ1) is 7.39. The third kappa shape index (κ3) is 3.23. The number of aromatic amines is 1. The molecular formula is C9H17N2O2PS2. The Labute approximate surface area is 105 Å².